The van der Waals surface area contributed by atoms with Gasteiger partial charge in [-0.1, -0.05) is 116 Å². The highest BCUT2D eigenvalue weighted by atomic mass is 14.7. The molecule has 0 amide bonds. The van der Waals surface area contributed by atoms with Crippen LogP contribution in [0.3, 0.4) is 0 Å². The summed E-state index contributed by atoms with van der Waals surface area (Å²) >= 11 is 0. The number of unbranched alkanes of at least 4 members (excludes halogenated alkanes) is 2. The molecule has 1 aromatic heterocycles. The van der Waals surface area contributed by atoms with E-state index in [9.17, 15) is 0 Å². The molecule has 0 aliphatic rings. The number of rotatable bonds is 16. The molecule has 2 heteroatoms. The molecule has 0 radical (unpaired) electrons. The predicted octanol–water partition coefficient (Wildman–Crippen LogP) is 11.7. The van der Waals surface area contributed by atoms with Gasteiger partial charge < -0.3 is 0 Å². The molecule has 0 saturated heterocycles. The minimum absolute atomic E-state index is 0.777. The number of hydrogen-bond acceptors (Lipinski definition) is 2. The zero-order chi connectivity index (χ0) is 31.7. The molecule has 0 aliphatic carbocycles. The van der Waals surface area contributed by atoms with Crippen LogP contribution in [0, 0.1) is 0 Å². The highest BCUT2D eigenvalue weighted by Gasteiger charge is 2.15. The topological polar surface area (TPSA) is 25.2 Å². The van der Waals surface area contributed by atoms with E-state index in [0.29, 0.717) is 0 Å². The lowest BCUT2D eigenvalue weighted by molar-refractivity contribution is 0.863. The van der Waals surface area contributed by atoms with E-state index in [1.807, 2.05) is 42.8 Å². The minimum Gasteiger partial charge on any atom is -0.264 e. The number of aromatic nitrogens is 1. The Labute approximate surface area is 269 Å². The first-order valence-corrected chi connectivity index (χ1v) is 15.8. The Balaban J connectivity index is 1.68. The van der Waals surface area contributed by atoms with E-state index in [2.05, 4.69) is 123 Å². The van der Waals surface area contributed by atoms with E-state index < -0.39 is 0 Å². The summed E-state index contributed by atoms with van der Waals surface area (Å²) in [6.07, 6.45) is 32.5. The van der Waals surface area contributed by atoms with Crippen LogP contribution in [0.5, 0.6) is 0 Å². The second-order valence-electron chi connectivity index (χ2n) is 10.9. The molecule has 4 aromatic rings. The van der Waals surface area contributed by atoms with Gasteiger partial charge in [-0.25, -0.2) is 0 Å². The van der Waals surface area contributed by atoms with Crippen molar-refractivity contribution in [3.8, 4) is 0 Å². The Kier molecular flexibility index (Phi) is 13.1. The Bertz CT molecular complexity index is 1740. The monoisotopic (exact) mass is 588 g/mol. The van der Waals surface area contributed by atoms with E-state index in [4.69, 9.17) is 4.99 Å². The molecule has 0 atom stereocenters. The van der Waals surface area contributed by atoms with Gasteiger partial charge in [0.05, 0.1) is 5.71 Å². The van der Waals surface area contributed by atoms with Gasteiger partial charge in [0.25, 0.3) is 0 Å². The van der Waals surface area contributed by atoms with Crippen LogP contribution < -0.4 is 0 Å². The van der Waals surface area contributed by atoms with Crippen molar-refractivity contribution in [2.75, 3.05) is 0 Å². The van der Waals surface area contributed by atoms with Crippen LogP contribution in [-0.2, 0) is 12.8 Å². The van der Waals surface area contributed by atoms with Crippen LogP contribution >= 0.6 is 0 Å². The first kappa shape index (κ1) is 32.8. The van der Waals surface area contributed by atoms with E-state index in [1.165, 1.54) is 32.7 Å². The van der Waals surface area contributed by atoms with Crippen LogP contribution in [0.2, 0.25) is 0 Å². The third-order valence-electron chi connectivity index (χ3n) is 7.69. The average molecular weight is 589 g/mol. The van der Waals surface area contributed by atoms with E-state index in [1.54, 1.807) is 6.20 Å². The summed E-state index contributed by atoms with van der Waals surface area (Å²) in [5.41, 5.74) is 6.67. The van der Waals surface area contributed by atoms with Crippen molar-refractivity contribution in [2.45, 2.75) is 45.4 Å². The van der Waals surface area contributed by atoms with E-state index >= 15 is 0 Å². The highest BCUT2D eigenvalue weighted by Crippen LogP contribution is 2.38. The minimum atomic E-state index is 0.777. The van der Waals surface area contributed by atoms with Gasteiger partial charge in [0, 0.05) is 18.6 Å². The van der Waals surface area contributed by atoms with Crippen molar-refractivity contribution in [1.82, 2.24) is 4.98 Å². The predicted molar refractivity (Wildman–Crippen MR) is 199 cm³/mol. The Hall–Kier alpha value is -5.08. The summed E-state index contributed by atoms with van der Waals surface area (Å²) in [5.74, 6) is 0. The number of allylic oxidation sites excluding steroid dienone is 12. The smallest absolute Gasteiger partial charge is 0.0652 e. The second-order valence-corrected chi connectivity index (χ2v) is 10.9. The quantitative estimate of drug-likeness (QED) is 0.0420. The third kappa shape index (κ3) is 9.20. The fraction of sp³-hybridized carbons (Fsp3) is 0.163. The summed E-state index contributed by atoms with van der Waals surface area (Å²) in [7, 11) is 0. The number of aliphatic imine (C=N–C) groups is 1. The van der Waals surface area contributed by atoms with Crippen molar-refractivity contribution in [1.29, 1.82) is 0 Å². The maximum absolute atomic E-state index is 4.74. The zero-order valence-electron chi connectivity index (χ0n) is 26.5. The highest BCUT2D eigenvalue weighted by molar-refractivity contribution is 6.15. The number of fused-ring (bicyclic) bond motifs is 2. The maximum Gasteiger partial charge on any atom is 0.0652 e. The van der Waals surface area contributed by atoms with Crippen LogP contribution in [0.15, 0.2) is 170 Å². The SMILES string of the molecule is C=C\C=C(/C=C(C)/C(C=C)=N/C=C\Cc1cccnc1)c1c2ccccc2c(C/C=C\CCC/C=C\CC=C)c2ccccc12. The Morgan fingerprint density at radius 1 is 0.778 bits per heavy atom. The molecule has 0 N–H and O–H groups in total. The molecule has 45 heavy (non-hydrogen) atoms. The third-order valence-corrected chi connectivity index (χ3v) is 7.69. The van der Waals surface area contributed by atoms with Crippen molar-refractivity contribution < 1.29 is 0 Å². The molecule has 0 bridgehead atoms. The second kappa shape index (κ2) is 17.9. The van der Waals surface area contributed by atoms with Crippen molar-refractivity contribution in [2.24, 2.45) is 4.99 Å². The molecule has 1 heterocycles. The largest absolute Gasteiger partial charge is 0.264 e. The Morgan fingerprint density at radius 3 is 2.09 bits per heavy atom. The van der Waals surface area contributed by atoms with Crippen LogP contribution in [-0.4, -0.2) is 10.7 Å². The van der Waals surface area contributed by atoms with Gasteiger partial charge in [-0.15, -0.1) is 6.58 Å². The summed E-state index contributed by atoms with van der Waals surface area (Å²) in [6.45, 7) is 14.0. The van der Waals surface area contributed by atoms with Gasteiger partial charge in [-0.2, -0.15) is 0 Å². The molecule has 0 fully saturated rings. The summed E-state index contributed by atoms with van der Waals surface area (Å²) in [6, 6.07) is 21.5. The molecular weight excluding hydrogens is 544 g/mol. The molecule has 0 spiro atoms. The lowest BCUT2D eigenvalue weighted by Gasteiger charge is -2.17. The van der Waals surface area contributed by atoms with Crippen molar-refractivity contribution >= 4 is 32.8 Å². The van der Waals surface area contributed by atoms with Crippen molar-refractivity contribution in [3.05, 3.63) is 182 Å². The number of pyridine rings is 1. The van der Waals surface area contributed by atoms with Gasteiger partial charge in [0.15, 0.2) is 0 Å². The zero-order valence-corrected chi connectivity index (χ0v) is 26.5. The van der Waals surface area contributed by atoms with Gasteiger partial charge in [0.2, 0.25) is 0 Å². The normalized spacial score (nSPS) is 13.0. The van der Waals surface area contributed by atoms with Crippen LogP contribution in [0.4, 0.5) is 0 Å². The summed E-state index contributed by atoms with van der Waals surface area (Å²) in [4.78, 5) is 8.93. The number of benzene rings is 3. The molecule has 0 aliphatic heterocycles. The summed E-state index contributed by atoms with van der Waals surface area (Å²) in [5, 5.41) is 5.02. The first-order valence-electron chi connectivity index (χ1n) is 15.8. The molecule has 3 aromatic carbocycles. The molecule has 2 nitrogen and oxygen atoms in total. The fourth-order valence-electron chi connectivity index (χ4n) is 5.53. The maximum atomic E-state index is 4.74. The molecule has 0 unspecified atom stereocenters. The molecule has 0 saturated carbocycles. The van der Waals surface area contributed by atoms with Crippen molar-refractivity contribution in [3.63, 3.8) is 0 Å². The van der Waals surface area contributed by atoms with Crippen LogP contribution in [0.25, 0.3) is 27.1 Å². The van der Waals surface area contributed by atoms with Gasteiger partial charge in [-0.05, 0) is 113 Å². The van der Waals surface area contributed by atoms with Crippen LogP contribution in [0.1, 0.15) is 49.3 Å². The van der Waals surface area contributed by atoms with Gasteiger partial charge >= 0.3 is 0 Å². The van der Waals surface area contributed by atoms with E-state index in [0.717, 1.165) is 60.9 Å². The molecule has 226 valence electrons. The standard InChI is InChI=1S/C43H44N2/c1-5-8-9-10-11-12-13-14-15-25-37-38-26-16-18-28-40(38)43(41-29-19-17-27-39(37)41)36(22-6-2)32-34(4)42(7-3)45-31-21-24-35-23-20-30-44-33-35/h5-7,9-10,14-23,26-33H,1-3,8,11-13,24-25H2,4H3/b10-9-,15-14-,31-21-,34-32+,36-22+,45-42+. The van der Waals surface area contributed by atoms with Gasteiger partial charge in [-0.3, -0.25) is 9.98 Å². The summed E-state index contributed by atoms with van der Waals surface area (Å²) < 4.78 is 0. The Morgan fingerprint density at radius 2 is 1.47 bits per heavy atom. The first-order chi connectivity index (χ1) is 22.2. The fourth-order valence-corrected chi connectivity index (χ4v) is 5.53. The van der Waals surface area contributed by atoms with Gasteiger partial charge in [0.1, 0.15) is 0 Å². The lowest BCUT2D eigenvalue weighted by Crippen LogP contribution is -1.98. The number of nitrogens with zero attached hydrogens (tertiary/aromatic N) is 2. The van der Waals surface area contributed by atoms with E-state index in [-0.39, 0.29) is 0 Å². The molecular formula is C43H44N2. The number of hydrogen-bond donors (Lipinski definition) is 0. The lowest BCUT2D eigenvalue weighted by atomic mass is 9.86. The molecule has 4 rings (SSSR count). The average Bonchev–Trinajstić information content (AvgIpc) is 3.07.